The molecule has 0 atom stereocenters. The number of nitrogens with zero attached hydrogens (tertiary/aromatic N) is 1. The van der Waals surface area contributed by atoms with Gasteiger partial charge in [-0.1, -0.05) is 29.8 Å². The summed E-state index contributed by atoms with van der Waals surface area (Å²) in [7, 11) is 1.54. The Labute approximate surface area is 131 Å². The van der Waals surface area contributed by atoms with Crippen LogP contribution >= 0.6 is 11.6 Å². The lowest BCUT2D eigenvalue weighted by Gasteiger charge is -2.03. The van der Waals surface area contributed by atoms with E-state index in [1.165, 1.54) is 25.3 Å². The number of methoxy groups -OCH3 is 1. The zero-order valence-electron chi connectivity index (χ0n) is 11.7. The molecule has 0 aliphatic carbocycles. The molecular weight excluding hydrogens is 306 g/mol. The Morgan fingerprint density at radius 1 is 1.27 bits per heavy atom. The molecule has 0 saturated carbocycles. The van der Waals surface area contributed by atoms with E-state index in [1.807, 2.05) is 12.1 Å². The van der Waals surface area contributed by atoms with Crippen molar-refractivity contribution in [1.82, 2.24) is 0 Å². The molecular formula is C16H12ClNO4. The van der Waals surface area contributed by atoms with Crippen LogP contribution < -0.4 is 4.74 Å². The molecule has 0 aromatic heterocycles. The Morgan fingerprint density at radius 3 is 2.68 bits per heavy atom. The van der Waals surface area contributed by atoms with Gasteiger partial charge in [-0.3, -0.25) is 14.9 Å². The van der Waals surface area contributed by atoms with Gasteiger partial charge in [0.2, 0.25) is 0 Å². The van der Waals surface area contributed by atoms with Crippen LogP contribution in [-0.2, 0) is 0 Å². The van der Waals surface area contributed by atoms with Gasteiger partial charge >= 0.3 is 0 Å². The van der Waals surface area contributed by atoms with Gasteiger partial charge in [-0.2, -0.15) is 0 Å². The second-order valence-corrected chi connectivity index (χ2v) is 4.77. The zero-order valence-corrected chi connectivity index (χ0v) is 12.4. The van der Waals surface area contributed by atoms with E-state index in [9.17, 15) is 14.9 Å². The van der Waals surface area contributed by atoms with E-state index < -0.39 is 4.92 Å². The Kier molecular flexibility index (Phi) is 4.91. The predicted molar refractivity (Wildman–Crippen MR) is 84.5 cm³/mol. The van der Waals surface area contributed by atoms with Crippen LogP contribution in [0.3, 0.4) is 0 Å². The van der Waals surface area contributed by atoms with Crippen LogP contribution in [0.1, 0.15) is 15.9 Å². The van der Waals surface area contributed by atoms with E-state index in [4.69, 9.17) is 16.3 Å². The lowest BCUT2D eigenvalue weighted by molar-refractivity contribution is -0.384. The summed E-state index contributed by atoms with van der Waals surface area (Å²) < 4.78 is 5.18. The molecule has 0 fully saturated rings. The van der Waals surface area contributed by atoms with Gasteiger partial charge < -0.3 is 4.74 Å². The lowest BCUT2D eigenvalue weighted by atomic mass is 10.1. The summed E-state index contributed by atoms with van der Waals surface area (Å²) in [6.45, 7) is 0. The highest BCUT2D eigenvalue weighted by molar-refractivity contribution is 6.32. The molecule has 0 amide bonds. The summed E-state index contributed by atoms with van der Waals surface area (Å²) in [5, 5.41) is 10.8. The Balaban J connectivity index is 2.27. The second kappa shape index (κ2) is 6.87. The van der Waals surface area contributed by atoms with E-state index in [-0.39, 0.29) is 22.1 Å². The van der Waals surface area contributed by atoms with E-state index >= 15 is 0 Å². The Morgan fingerprint density at radius 2 is 2.00 bits per heavy atom. The van der Waals surface area contributed by atoms with Crippen molar-refractivity contribution in [1.29, 1.82) is 0 Å². The molecule has 0 saturated heterocycles. The number of allylic oxidation sites excluding steroid dienone is 1. The first-order valence-corrected chi connectivity index (χ1v) is 6.70. The van der Waals surface area contributed by atoms with Crippen molar-refractivity contribution < 1.29 is 14.5 Å². The molecule has 0 spiro atoms. The molecule has 0 N–H and O–H groups in total. The number of ether oxygens (including phenoxy) is 1. The third-order valence-electron chi connectivity index (χ3n) is 2.98. The number of carbonyl (C=O) groups excluding carboxylic acids is 1. The second-order valence-electron chi connectivity index (χ2n) is 4.36. The fourth-order valence-corrected chi connectivity index (χ4v) is 2.06. The molecule has 5 nitrogen and oxygen atoms in total. The minimum absolute atomic E-state index is 0.00439. The van der Waals surface area contributed by atoms with Crippen LogP contribution in [0.15, 0.2) is 48.5 Å². The largest absolute Gasteiger partial charge is 0.496 e. The third-order valence-corrected chi connectivity index (χ3v) is 3.30. The van der Waals surface area contributed by atoms with Crippen LogP contribution in [0.25, 0.3) is 6.08 Å². The molecule has 2 aromatic carbocycles. The molecule has 0 aliphatic heterocycles. The fraction of sp³-hybridized carbons (Fsp3) is 0.0625. The summed E-state index contributed by atoms with van der Waals surface area (Å²) in [5.74, 6) is 0.277. The summed E-state index contributed by atoms with van der Waals surface area (Å²) >= 11 is 5.72. The van der Waals surface area contributed by atoms with Crippen LogP contribution in [-0.4, -0.2) is 17.8 Å². The number of ketones is 1. The summed E-state index contributed by atoms with van der Waals surface area (Å²) in [4.78, 5) is 22.3. The first-order chi connectivity index (χ1) is 10.5. The van der Waals surface area contributed by atoms with E-state index in [0.717, 1.165) is 11.6 Å². The average Bonchev–Trinajstić information content (AvgIpc) is 2.53. The number of nitro benzene ring substituents is 1. The highest BCUT2D eigenvalue weighted by Gasteiger charge is 2.15. The van der Waals surface area contributed by atoms with Gasteiger partial charge in [0, 0.05) is 17.2 Å². The first kappa shape index (κ1) is 15.7. The number of benzene rings is 2. The standard InChI is InChI=1S/C16H12ClNO4/c1-22-16-5-3-2-4-11(16)7-9-15(19)12-6-8-13(17)14(10-12)18(20)21/h2-10H,1H3/b9-7+. The fourth-order valence-electron chi connectivity index (χ4n) is 1.87. The predicted octanol–water partition coefficient (Wildman–Crippen LogP) is 4.15. The molecule has 2 rings (SSSR count). The lowest BCUT2D eigenvalue weighted by Crippen LogP contribution is -1.97. The maximum Gasteiger partial charge on any atom is 0.288 e. The number of carbonyl (C=O) groups is 1. The van der Waals surface area contributed by atoms with Crippen molar-refractivity contribution in [2.24, 2.45) is 0 Å². The van der Waals surface area contributed by atoms with Gasteiger partial charge in [0.1, 0.15) is 10.8 Å². The highest BCUT2D eigenvalue weighted by atomic mass is 35.5. The molecule has 0 aliphatic rings. The Hall–Kier alpha value is -2.66. The Bertz CT molecular complexity index is 756. The number of nitro groups is 1. The molecule has 112 valence electrons. The molecule has 0 bridgehead atoms. The number of rotatable bonds is 5. The maximum atomic E-state index is 12.1. The minimum Gasteiger partial charge on any atom is -0.496 e. The van der Waals surface area contributed by atoms with Crippen molar-refractivity contribution in [3.8, 4) is 5.75 Å². The molecule has 2 aromatic rings. The number of hydrogen-bond donors (Lipinski definition) is 0. The van der Waals surface area contributed by atoms with Gasteiger partial charge in [-0.25, -0.2) is 0 Å². The van der Waals surface area contributed by atoms with E-state index in [1.54, 1.807) is 18.2 Å². The van der Waals surface area contributed by atoms with Crippen LogP contribution in [0.2, 0.25) is 5.02 Å². The highest BCUT2D eigenvalue weighted by Crippen LogP contribution is 2.25. The zero-order chi connectivity index (χ0) is 16.1. The van der Waals surface area contributed by atoms with Gasteiger partial charge in [0.05, 0.1) is 12.0 Å². The van der Waals surface area contributed by atoms with Crippen molar-refractivity contribution in [3.05, 3.63) is 74.8 Å². The normalized spacial score (nSPS) is 10.6. The van der Waals surface area contributed by atoms with Crippen molar-refractivity contribution in [2.45, 2.75) is 0 Å². The van der Waals surface area contributed by atoms with Crippen molar-refractivity contribution >= 4 is 29.1 Å². The number of hydrogen-bond acceptors (Lipinski definition) is 4. The minimum atomic E-state index is -0.622. The molecule has 0 radical (unpaired) electrons. The van der Waals surface area contributed by atoms with Crippen LogP contribution in [0.4, 0.5) is 5.69 Å². The summed E-state index contributed by atoms with van der Waals surface area (Å²) in [6.07, 6.45) is 2.94. The van der Waals surface area contributed by atoms with Gasteiger partial charge in [0.15, 0.2) is 5.78 Å². The molecule has 0 heterocycles. The van der Waals surface area contributed by atoms with Gasteiger partial charge in [-0.05, 0) is 30.4 Å². The van der Waals surface area contributed by atoms with E-state index in [0.29, 0.717) is 5.75 Å². The molecule has 0 unspecified atom stereocenters. The third kappa shape index (κ3) is 3.51. The van der Waals surface area contributed by atoms with Crippen molar-refractivity contribution in [3.63, 3.8) is 0 Å². The van der Waals surface area contributed by atoms with Gasteiger partial charge in [-0.15, -0.1) is 0 Å². The SMILES string of the molecule is COc1ccccc1/C=C/C(=O)c1ccc(Cl)c([N+](=O)[O-])c1. The molecule has 6 heteroatoms. The van der Waals surface area contributed by atoms with Crippen LogP contribution in [0, 0.1) is 10.1 Å². The smallest absolute Gasteiger partial charge is 0.288 e. The molecule has 22 heavy (non-hydrogen) atoms. The summed E-state index contributed by atoms with van der Waals surface area (Å²) in [5.41, 5.74) is 0.641. The number of para-hydroxylation sites is 1. The van der Waals surface area contributed by atoms with E-state index in [2.05, 4.69) is 0 Å². The van der Waals surface area contributed by atoms with Crippen LogP contribution in [0.5, 0.6) is 5.75 Å². The maximum absolute atomic E-state index is 12.1. The summed E-state index contributed by atoms with van der Waals surface area (Å²) in [6, 6.07) is 11.2. The quantitative estimate of drug-likeness (QED) is 0.359. The topological polar surface area (TPSA) is 69.4 Å². The van der Waals surface area contributed by atoms with Gasteiger partial charge in [0.25, 0.3) is 5.69 Å². The number of halogens is 1. The average molecular weight is 318 g/mol. The van der Waals surface area contributed by atoms with Crippen molar-refractivity contribution in [2.75, 3.05) is 7.11 Å². The first-order valence-electron chi connectivity index (χ1n) is 6.32. The monoisotopic (exact) mass is 317 g/mol.